The number of hydrogen-bond acceptors (Lipinski definition) is 3. The topological polar surface area (TPSA) is 23.5 Å². The lowest BCUT2D eigenvalue weighted by Gasteiger charge is -2.47. The zero-order valence-electron chi connectivity index (χ0n) is 6.66. The summed E-state index contributed by atoms with van der Waals surface area (Å²) in [6, 6.07) is 0. The van der Waals surface area contributed by atoms with Crippen LogP contribution < -0.4 is 0 Å². The van der Waals surface area contributed by atoms with Crippen molar-refractivity contribution in [3.63, 3.8) is 0 Å². The summed E-state index contributed by atoms with van der Waals surface area (Å²) in [6.07, 6.45) is 2.48. The molecule has 0 spiro atoms. The summed E-state index contributed by atoms with van der Waals surface area (Å²) < 4.78 is 0. The average molecular weight is 173 g/mol. The molecular weight excluding hydrogens is 158 g/mol. The Hall–Kier alpha value is 0.270. The Morgan fingerprint density at radius 1 is 1.45 bits per heavy atom. The van der Waals surface area contributed by atoms with Crippen LogP contribution in [0.15, 0.2) is 0 Å². The van der Waals surface area contributed by atoms with E-state index in [1.165, 1.54) is 12.8 Å². The number of aliphatic hydroxyl groups is 1. The summed E-state index contributed by atoms with van der Waals surface area (Å²) in [7, 11) is 0. The van der Waals surface area contributed by atoms with Gasteiger partial charge in [0.25, 0.3) is 0 Å². The Morgan fingerprint density at radius 2 is 2.09 bits per heavy atom. The maximum absolute atomic E-state index is 9.88. The van der Waals surface area contributed by atoms with Crippen molar-refractivity contribution in [3.8, 4) is 0 Å². The number of nitrogens with zero attached hydrogens (tertiary/aromatic N) is 1. The largest absolute Gasteiger partial charge is 0.387 e. The third-order valence-corrected chi connectivity index (χ3v) is 2.95. The molecule has 11 heavy (non-hydrogen) atoms. The third kappa shape index (κ3) is 1.42. The molecule has 2 fully saturated rings. The van der Waals surface area contributed by atoms with E-state index >= 15 is 0 Å². The second-order valence-corrected chi connectivity index (χ2v) is 4.26. The van der Waals surface area contributed by atoms with E-state index in [4.69, 9.17) is 0 Å². The average Bonchev–Trinajstić information content (AvgIpc) is 2.65. The molecule has 0 aromatic rings. The van der Waals surface area contributed by atoms with Gasteiger partial charge in [0, 0.05) is 25.4 Å². The van der Waals surface area contributed by atoms with E-state index in [1.807, 2.05) is 0 Å². The van der Waals surface area contributed by atoms with E-state index in [1.54, 1.807) is 0 Å². The van der Waals surface area contributed by atoms with Gasteiger partial charge in [-0.05, 0) is 18.8 Å². The first-order valence-electron chi connectivity index (χ1n) is 4.30. The number of likely N-dealkylation sites (tertiary alicyclic amines) is 1. The van der Waals surface area contributed by atoms with Gasteiger partial charge in [-0.1, -0.05) is 0 Å². The smallest absolute Gasteiger partial charge is 0.0928 e. The molecule has 2 aliphatic rings. The fourth-order valence-electron chi connectivity index (χ4n) is 1.91. The highest BCUT2D eigenvalue weighted by molar-refractivity contribution is 7.80. The fraction of sp³-hybridized carbons (Fsp3) is 1.00. The van der Waals surface area contributed by atoms with Gasteiger partial charge in [0.15, 0.2) is 0 Å². The van der Waals surface area contributed by atoms with Gasteiger partial charge in [-0.25, -0.2) is 0 Å². The molecule has 1 aliphatic carbocycles. The molecule has 1 heterocycles. The summed E-state index contributed by atoms with van der Waals surface area (Å²) in [6.45, 7) is 2.80. The molecule has 1 saturated carbocycles. The first-order chi connectivity index (χ1) is 5.24. The quantitative estimate of drug-likeness (QED) is 0.603. The molecule has 0 aromatic heterocycles. The number of rotatable bonds is 3. The van der Waals surface area contributed by atoms with Crippen LogP contribution in [0.3, 0.4) is 0 Å². The van der Waals surface area contributed by atoms with E-state index in [0.29, 0.717) is 5.92 Å². The van der Waals surface area contributed by atoms with Gasteiger partial charge in [0.2, 0.25) is 0 Å². The molecule has 0 radical (unpaired) electrons. The highest BCUT2D eigenvalue weighted by atomic mass is 32.1. The minimum absolute atomic E-state index is 0.303. The van der Waals surface area contributed by atoms with Crippen molar-refractivity contribution in [1.29, 1.82) is 0 Å². The lowest BCUT2D eigenvalue weighted by Crippen LogP contribution is -2.63. The molecule has 0 amide bonds. The van der Waals surface area contributed by atoms with E-state index in [0.717, 1.165) is 25.4 Å². The van der Waals surface area contributed by atoms with Gasteiger partial charge < -0.3 is 5.11 Å². The molecule has 0 unspecified atom stereocenters. The summed E-state index contributed by atoms with van der Waals surface area (Å²) in [5, 5.41) is 9.88. The van der Waals surface area contributed by atoms with Crippen LogP contribution in [0.2, 0.25) is 0 Å². The standard InChI is InChI=1S/C8H15NOS/c10-8(7-1-2-7)5-9(6-8)3-4-11/h7,10-11H,1-6H2. The van der Waals surface area contributed by atoms with Gasteiger partial charge in [-0.15, -0.1) is 0 Å². The van der Waals surface area contributed by atoms with Crippen LogP contribution in [0.1, 0.15) is 12.8 Å². The summed E-state index contributed by atoms with van der Waals surface area (Å²) >= 11 is 4.15. The first kappa shape index (κ1) is 7.90. The Labute approximate surface area is 73.0 Å². The van der Waals surface area contributed by atoms with Crippen LogP contribution >= 0.6 is 12.6 Å². The van der Waals surface area contributed by atoms with Crippen molar-refractivity contribution in [1.82, 2.24) is 4.90 Å². The molecule has 1 saturated heterocycles. The van der Waals surface area contributed by atoms with Crippen molar-refractivity contribution < 1.29 is 5.11 Å². The second kappa shape index (κ2) is 2.64. The van der Waals surface area contributed by atoms with E-state index in [2.05, 4.69) is 17.5 Å². The lowest BCUT2D eigenvalue weighted by molar-refractivity contribution is -0.110. The van der Waals surface area contributed by atoms with Crippen LogP contribution in [0.4, 0.5) is 0 Å². The summed E-state index contributed by atoms with van der Waals surface area (Å²) in [4.78, 5) is 2.27. The second-order valence-electron chi connectivity index (χ2n) is 3.81. The Bertz CT molecular complexity index is 152. The molecule has 0 aromatic carbocycles. The molecule has 64 valence electrons. The minimum Gasteiger partial charge on any atom is -0.387 e. The van der Waals surface area contributed by atoms with Gasteiger partial charge >= 0.3 is 0 Å². The van der Waals surface area contributed by atoms with E-state index < -0.39 is 0 Å². The highest BCUT2D eigenvalue weighted by Crippen LogP contribution is 2.44. The Balaban J connectivity index is 1.76. The monoisotopic (exact) mass is 173 g/mol. The number of hydrogen-bond donors (Lipinski definition) is 2. The van der Waals surface area contributed by atoms with Crippen molar-refractivity contribution in [2.45, 2.75) is 18.4 Å². The molecule has 1 N–H and O–H groups in total. The zero-order valence-corrected chi connectivity index (χ0v) is 7.56. The number of β-amino-alcohol motifs (C(OH)–C–C–N with tert-alkyl or cyclic N) is 1. The predicted octanol–water partition coefficient (Wildman–Crippen LogP) is 0.373. The SMILES string of the molecule is OC1(C2CC2)CN(CCS)C1. The first-order valence-corrected chi connectivity index (χ1v) is 4.93. The van der Waals surface area contributed by atoms with Crippen LogP contribution in [0.5, 0.6) is 0 Å². The Kier molecular flexibility index (Phi) is 1.90. The third-order valence-electron chi connectivity index (χ3n) is 2.75. The molecule has 0 bridgehead atoms. The van der Waals surface area contributed by atoms with Crippen molar-refractivity contribution in [2.75, 3.05) is 25.4 Å². The van der Waals surface area contributed by atoms with Gasteiger partial charge in [0.1, 0.15) is 0 Å². The summed E-state index contributed by atoms with van der Waals surface area (Å²) in [5.41, 5.74) is -0.303. The molecule has 2 rings (SSSR count). The maximum Gasteiger partial charge on any atom is 0.0928 e. The van der Waals surface area contributed by atoms with Crippen LogP contribution in [-0.2, 0) is 0 Å². The van der Waals surface area contributed by atoms with Crippen molar-refractivity contribution in [3.05, 3.63) is 0 Å². The molecular formula is C8H15NOS. The maximum atomic E-state index is 9.88. The van der Waals surface area contributed by atoms with Crippen LogP contribution in [0.25, 0.3) is 0 Å². The van der Waals surface area contributed by atoms with Gasteiger partial charge in [0.05, 0.1) is 5.60 Å². The molecule has 3 heteroatoms. The summed E-state index contributed by atoms with van der Waals surface area (Å²) in [5.74, 6) is 1.53. The van der Waals surface area contributed by atoms with Crippen LogP contribution in [-0.4, -0.2) is 41.0 Å². The fourth-order valence-corrected chi connectivity index (χ4v) is 2.19. The molecule has 1 aliphatic heterocycles. The van der Waals surface area contributed by atoms with Crippen LogP contribution in [0, 0.1) is 5.92 Å². The number of thiol groups is 1. The van der Waals surface area contributed by atoms with Gasteiger partial charge in [-0.2, -0.15) is 12.6 Å². The normalized spacial score (nSPS) is 30.0. The lowest BCUT2D eigenvalue weighted by atomic mass is 9.89. The minimum atomic E-state index is -0.303. The van der Waals surface area contributed by atoms with Gasteiger partial charge in [-0.3, -0.25) is 4.90 Å². The van der Waals surface area contributed by atoms with E-state index in [9.17, 15) is 5.11 Å². The Morgan fingerprint density at radius 3 is 2.55 bits per heavy atom. The molecule has 0 atom stereocenters. The zero-order chi connectivity index (χ0) is 7.90. The highest BCUT2D eigenvalue weighted by Gasteiger charge is 2.51. The molecule has 2 nitrogen and oxygen atoms in total. The van der Waals surface area contributed by atoms with Crippen molar-refractivity contribution >= 4 is 12.6 Å². The predicted molar refractivity (Wildman–Crippen MR) is 48.0 cm³/mol. The van der Waals surface area contributed by atoms with Crippen molar-refractivity contribution in [2.24, 2.45) is 5.92 Å². The van der Waals surface area contributed by atoms with E-state index in [-0.39, 0.29) is 5.60 Å².